The lowest BCUT2D eigenvalue weighted by atomic mass is 10.1. The molecule has 0 spiro atoms. The molecular weight excluding hydrogens is 1830 g/mol. The standard InChI is InChI=1S/C19H16FNO.2C18H16N2O.2C17H13FN2O.C17H14N2O.C16H13N3O/c1-21-16-9-12-19(18(20)13-16)22-17-10-7-15(8-11-17)14-5-3-2-4-6-14;1-19-16-9-12-18(20-13-16)21-17-10-7-15(8-11-17)14-5-3-2-4-6-14;1-13-17(19)11-12-18(20-13)21-16-9-7-15(8-10-16)14-5-3-2-4-6-14;2*18-15-11-13(19)6-9-17(15)21-14-7-4-12(5-8-14)16-3-1-2-10-20-16;18-15-8-11-17(19-12-15)20-16-9-6-14(7-10-16)13-4-2-1-3-5-13;17-13-6-9-16(19-10-13)20-14-7-8-15(18-11-14)12-4-2-1-3-5-12/h2-13,21H,1H3;2-13,19H,1H3;2-12H,19H2,1H3;2*1-11H,19H2;1-12H,18H2;1-11H,17H2. The van der Waals surface area contributed by atoms with E-state index in [4.69, 9.17) is 61.8 Å². The molecule has 0 unspecified atom stereocenters. The molecule has 21 nitrogen and oxygen atoms in total. The van der Waals surface area contributed by atoms with E-state index in [1.54, 1.807) is 129 Å². The number of pyridine rings is 7. The fourth-order valence-corrected chi connectivity index (χ4v) is 14.0. The molecule has 0 fully saturated rings. The fraction of sp³-hybridized carbons (Fsp3) is 0.0246. The maximum absolute atomic E-state index is 13.9. The van der Waals surface area contributed by atoms with Crippen LogP contribution in [0.3, 0.4) is 0 Å². The van der Waals surface area contributed by atoms with E-state index in [9.17, 15) is 13.2 Å². The average molecular weight is 1930 g/mol. The first kappa shape index (κ1) is 101. The average Bonchev–Trinajstić information content (AvgIpc) is 0.907. The molecule has 0 saturated carbocycles. The molecule has 146 heavy (non-hydrogen) atoms. The molecule has 0 aliphatic carbocycles. The molecule has 14 aromatic carbocycles. The van der Waals surface area contributed by atoms with Crippen molar-refractivity contribution < 1.29 is 46.3 Å². The highest BCUT2D eigenvalue weighted by Gasteiger charge is 2.14. The summed E-state index contributed by atoms with van der Waals surface area (Å²) in [6.45, 7) is 1.86. The zero-order valence-corrected chi connectivity index (χ0v) is 79.7. The summed E-state index contributed by atoms with van der Waals surface area (Å²) in [6, 6.07) is 140. The van der Waals surface area contributed by atoms with Crippen molar-refractivity contribution in [1.82, 2.24) is 34.9 Å². The number of ether oxygens (including phenoxy) is 7. The minimum atomic E-state index is -0.483. The molecule has 0 bridgehead atoms. The van der Waals surface area contributed by atoms with Crippen molar-refractivity contribution in [3.63, 3.8) is 0 Å². The van der Waals surface area contributed by atoms with Gasteiger partial charge in [0.15, 0.2) is 34.7 Å². The summed E-state index contributed by atoms with van der Waals surface area (Å²) in [4.78, 5) is 29.7. The molecule has 21 aromatic rings. The number of rotatable bonds is 23. The number of anilines is 7. The number of halogens is 3. The molecule has 0 radical (unpaired) electrons. The predicted molar refractivity (Wildman–Crippen MR) is 579 cm³/mol. The lowest BCUT2D eigenvalue weighted by Crippen LogP contribution is -1.95. The van der Waals surface area contributed by atoms with E-state index in [0.717, 1.165) is 84.7 Å². The molecule has 722 valence electrons. The van der Waals surface area contributed by atoms with Crippen molar-refractivity contribution in [1.29, 1.82) is 0 Å². The highest BCUT2D eigenvalue weighted by atomic mass is 19.1. The second-order valence-corrected chi connectivity index (χ2v) is 32.1. The summed E-state index contributed by atoms with van der Waals surface area (Å²) in [5, 5.41) is 5.91. The van der Waals surface area contributed by atoms with Gasteiger partial charge in [0, 0.05) is 103 Å². The van der Waals surface area contributed by atoms with Gasteiger partial charge in [-0.1, -0.05) is 212 Å². The van der Waals surface area contributed by atoms with Gasteiger partial charge in [-0.3, -0.25) is 15.0 Å². The van der Waals surface area contributed by atoms with Crippen LogP contribution in [-0.4, -0.2) is 49.0 Å². The van der Waals surface area contributed by atoms with Crippen molar-refractivity contribution in [3.8, 4) is 159 Å². The molecule has 7 heterocycles. The first-order valence-electron chi connectivity index (χ1n) is 46.2. The molecule has 7 aromatic heterocycles. The Labute approximate surface area is 844 Å². The zero-order valence-electron chi connectivity index (χ0n) is 79.7. The SMILES string of the molecule is CNc1ccc(Oc2ccc(-c3ccccc3)cc2)c(F)c1.CNc1ccc(Oc2ccc(-c3ccccc3)cc2)nc1.Cc1nc(Oc2ccc(-c3ccccc3)cc2)ccc1N.Nc1ccc(Oc2ccc(-c3ccccc3)cc2)nc1.Nc1ccc(Oc2ccc(-c3ccccc3)nc2)nc1.Nc1ccc(Oc2ccc(-c3ccccn3)cc2)c(F)c1.Nc1ccc(Oc2ccc(-c3ccccn3)cc2)c(F)c1. The monoisotopic (exact) mass is 1930 g/mol. The van der Waals surface area contributed by atoms with Gasteiger partial charge in [0.1, 0.15) is 40.2 Å². The van der Waals surface area contributed by atoms with Crippen LogP contribution in [0.2, 0.25) is 0 Å². The summed E-state index contributed by atoms with van der Waals surface area (Å²) in [6.07, 6.45) is 10.0. The fourth-order valence-electron chi connectivity index (χ4n) is 14.0. The van der Waals surface area contributed by atoms with Gasteiger partial charge in [0.25, 0.3) is 0 Å². The number of aromatic nitrogens is 7. The Bertz CT molecular complexity index is 7330. The van der Waals surface area contributed by atoms with Crippen LogP contribution in [0.4, 0.5) is 53.0 Å². The Morgan fingerprint density at radius 3 is 0.808 bits per heavy atom. The minimum Gasteiger partial charge on any atom is -0.454 e. The van der Waals surface area contributed by atoms with Crippen molar-refractivity contribution in [2.75, 3.05) is 53.4 Å². The molecule has 0 atom stereocenters. The van der Waals surface area contributed by atoms with Crippen molar-refractivity contribution in [3.05, 3.63) is 509 Å². The molecule has 24 heteroatoms. The third-order valence-corrected chi connectivity index (χ3v) is 21.6. The number of benzene rings is 14. The van der Waals surface area contributed by atoms with Crippen LogP contribution >= 0.6 is 0 Å². The summed E-state index contributed by atoms with van der Waals surface area (Å²) < 4.78 is 80.6. The van der Waals surface area contributed by atoms with Gasteiger partial charge in [-0.15, -0.1) is 0 Å². The molecule has 0 saturated heterocycles. The first-order valence-corrected chi connectivity index (χ1v) is 46.2. The molecular formula is C122H101F3N14O7. The Morgan fingerprint density at radius 2 is 0.493 bits per heavy atom. The summed E-state index contributed by atoms with van der Waals surface area (Å²) >= 11 is 0. The number of hydrogen-bond acceptors (Lipinski definition) is 21. The second kappa shape index (κ2) is 51.7. The number of nitrogens with zero attached hydrogens (tertiary/aromatic N) is 7. The van der Waals surface area contributed by atoms with Gasteiger partial charge in [-0.2, -0.15) is 0 Å². The van der Waals surface area contributed by atoms with Crippen LogP contribution in [0.5, 0.6) is 81.0 Å². The maximum Gasteiger partial charge on any atom is 0.219 e. The Kier molecular flexibility index (Phi) is 35.6. The maximum atomic E-state index is 13.9. The van der Waals surface area contributed by atoms with Crippen LogP contribution in [0.25, 0.3) is 78.3 Å². The van der Waals surface area contributed by atoms with Gasteiger partial charge >= 0.3 is 0 Å². The highest BCUT2D eigenvalue weighted by Crippen LogP contribution is 2.36. The van der Waals surface area contributed by atoms with Gasteiger partial charge in [0.05, 0.1) is 70.3 Å². The molecule has 0 amide bonds. The van der Waals surface area contributed by atoms with E-state index in [1.807, 2.05) is 311 Å². The number of nitrogens with one attached hydrogen (secondary N) is 2. The van der Waals surface area contributed by atoms with Gasteiger partial charge in [-0.25, -0.2) is 33.1 Å². The summed E-state index contributed by atoms with van der Waals surface area (Å²) in [5.74, 6) is 5.96. The van der Waals surface area contributed by atoms with Gasteiger partial charge < -0.3 is 72.5 Å². The van der Waals surface area contributed by atoms with Crippen LogP contribution in [0.15, 0.2) is 486 Å². The van der Waals surface area contributed by atoms with E-state index in [2.05, 4.69) is 81.9 Å². The van der Waals surface area contributed by atoms with Crippen molar-refractivity contribution in [2.45, 2.75) is 6.92 Å². The number of aryl methyl sites for hydroxylation is 1. The number of hydrogen-bond donors (Lipinski definition) is 7. The smallest absolute Gasteiger partial charge is 0.219 e. The van der Waals surface area contributed by atoms with Crippen LogP contribution in [0, 0.1) is 24.4 Å². The van der Waals surface area contributed by atoms with Crippen molar-refractivity contribution in [2.24, 2.45) is 0 Å². The summed E-state index contributed by atoms with van der Waals surface area (Å²) in [5.41, 5.74) is 47.9. The second-order valence-electron chi connectivity index (χ2n) is 32.1. The van der Waals surface area contributed by atoms with E-state index in [1.165, 1.54) is 52.6 Å². The quantitative estimate of drug-likeness (QED) is 0.0293. The lowest BCUT2D eigenvalue weighted by Gasteiger charge is -2.09. The van der Waals surface area contributed by atoms with E-state index < -0.39 is 11.6 Å². The Balaban J connectivity index is 0.000000128. The summed E-state index contributed by atoms with van der Waals surface area (Å²) in [7, 11) is 3.61. The third-order valence-electron chi connectivity index (χ3n) is 21.6. The third kappa shape index (κ3) is 30.6. The van der Waals surface area contributed by atoms with Gasteiger partial charge in [-0.05, 0) is 246 Å². The molecule has 21 rings (SSSR count). The van der Waals surface area contributed by atoms with Gasteiger partial charge in [0.2, 0.25) is 23.5 Å². The van der Waals surface area contributed by atoms with Crippen LogP contribution in [-0.2, 0) is 0 Å². The minimum absolute atomic E-state index is 0.148. The van der Waals surface area contributed by atoms with E-state index in [0.29, 0.717) is 80.6 Å². The largest absolute Gasteiger partial charge is 0.454 e. The molecule has 0 aliphatic heterocycles. The zero-order chi connectivity index (χ0) is 101. The Hall–Kier alpha value is -19.9. The molecule has 12 N–H and O–H groups in total. The Morgan fingerprint density at radius 1 is 0.212 bits per heavy atom. The van der Waals surface area contributed by atoms with E-state index in [-0.39, 0.29) is 23.1 Å². The topological polar surface area (TPSA) is 309 Å². The number of nitrogens with two attached hydrogens (primary N) is 5. The van der Waals surface area contributed by atoms with Crippen LogP contribution < -0.4 is 72.5 Å². The predicted octanol–water partition coefficient (Wildman–Crippen LogP) is 30.5. The number of nitrogen functional groups attached to an aromatic ring is 5. The molecule has 0 aliphatic rings. The van der Waals surface area contributed by atoms with E-state index >= 15 is 0 Å². The first-order chi connectivity index (χ1) is 71.4. The lowest BCUT2D eigenvalue weighted by molar-refractivity contribution is 0.442. The van der Waals surface area contributed by atoms with Crippen molar-refractivity contribution >= 4 is 39.8 Å². The highest BCUT2D eigenvalue weighted by molar-refractivity contribution is 5.69. The van der Waals surface area contributed by atoms with Crippen LogP contribution in [0.1, 0.15) is 5.69 Å². The normalized spacial score (nSPS) is 10.3.